The summed E-state index contributed by atoms with van der Waals surface area (Å²) in [5.74, 6) is 1.17. The maximum Gasteiger partial charge on any atom is 0.153 e. The standard InChI is InChI=1S/C18H25FN2O2S/c19-16-3-1-2-14(10-16)6-7-20-8-9-21(11-15-4-5-15)18-13-24(22,23)12-17(18)20/h1-3,10,15,17-18H,4-9,11-13H2/t17-,18+/m0/s1. The Morgan fingerprint density at radius 3 is 2.50 bits per heavy atom. The fraction of sp³-hybridized carbons (Fsp3) is 0.667. The molecule has 2 aliphatic heterocycles. The summed E-state index contributed by atoms with van der Waals surface area (Å²) in [5, 5.41) is 0. The molecule has 3 aliphatic rings. The summed E-state index contributed by atoms with van der Waals surface area (Å²) in [7, 11) is -2.94. The second-order valence-corrected chi connectivity index (χ2v) is 9.72. The molecule has 2 saturated heterocycles. The summed E-state index contributed by atoms with van der Waals surface area (Å²) in [6.07, 6.45) is 3.36. The molecule has 4 nitrogen and oxygen atoms in total. The fourth-order valence-corrected chi connectivity index (χ4v) is 6.24. The first-order valence-electron chi connectivity index (χ1n) is 8.93. The maximum atomic E-state index is 13.3. The molecular formula is C18H25FN2O2S. The second kappa shape index (κ2) is 6.39. The van der Waals surface area contributed by atoms with Crippen molar-refractivity contribution in [2.45, 2.75) is 31.3 Å². The molecule has 0 unspecified atom stereocenters. The van der Waals surface area contributed by atoms with Crippen LogP contribution in [0.4, 0.5) is 4.39 Å². The zero-order chi connectivity index (χ0) is 16.7. The van der Waals surface area contributed by atoms with Gasteiger partial charge in [-0.1, -0.05) is 12.1 Å². The van der Waals surface area contributed by atoms with Crippen LogP contribution in [0.25, 0.3) is 0 Å². The summed E-state index contributed by atoms with van der Waals surface area (Å²) >= 11 is 0. The van der Waals surface area contributed by atoms with Gasteiger partial charge in [0, 0.05) is 38.3 Å². The van der Waals surface area contributed by atoms with Gasteiger partial charge in [-0.25, -0.2) is 12.8 Å². The Morgan fingerprint density at radius 2 is 1.79 bits per heavy atom. The van der Waals surface area contributed by atoms with Gasteiger partial charge >= 0.3 is 0 Å². The lowest BCUT2D eigenvalue weighted by molar-refractivity contribution is 0.0433. The molecule has 0 spiro atoms. The van der Waals surface area contributed by atoms with Crippen LogP contribution in [0.15, 0.2) is 24.3 Å². The summed E-state index contributed by atoms with van der Waals surface area (Å²) < 4.78 is 37.7. The van der Waals surface area contributed by atoms with Crippen LogP contribution >= 0.6 is 0 Å². The topological polar surface area (TPSA) is 40.6 Å². The van der Waals surface area contributed by atoms with Crippen molar-refractivity contribution >= 4 is 9.84 Å². The Hall–Kier alpha value is -0.980. The number of fused-ring (bicyclic) bond motifs is 1. The molecule has 0 aromatic heterocycles. The number of benzene rings is 1. The van der Waals surface area contributed by atoms with Crippen LogP contribution in [-0.2, 0) is 16.3 Å². The summed E-state index contributed by atoms with van der Waals surface area (Å²) in [4.78, 5) is 4.75. The third-order valence-electron chi connectivity index (χ3n) is 5.67. The van der Waals surface area contributed by atoms with Gasteiger partial charge in [0.1, 0.15) is 5.82 Å². The molecule has 1 aliphatic carbocycles. The third-order valence-corrected chi connectivity index (χ3v) is 7.37. The Morgan fingerprint density at radius 1 is 1.08 bits per heavy atom. The molecule has 132 valence electrons. The van der Waals surface area contributed by atoms with E-state index >= 15 is 0 Å². The highest BCUT2D eigenvalue weighted by molar-refractivity contribution is 7.91. The summed E-state index contributed by atoms with van der Waals surface area (Å²) in [6, 6.07) is 6.97. The molecule has 3 fully saturated rings. The van der Waals surface area contributed by atoms with Gasteiger partial charge in [-0.3, -0.25) is 9.80 Å². The smallest absolute Gasteiger partial charge is 0.153 e. The predicted octanol–water partition coefficient (Wildman–Crippen LogP) is 1.56. The highest BCUT2D eigenvalue weighted by atomic mass is 32.2. The Kier molecular flexibility index (Phi) is 4.39. The van der Waals surface area contributed by atoms with Gasteiger partial charge in [-0.05, 0) is 42.9 Å². The molecule has 2 atom stereocenters. The number of rotatable bonds is 5. The van der Waals surface area contributed by atoms with Crippen LogP contribution < -0.4 is 0 Å². The molecule has 1 aromatic rings. The van der Waals surface area contributed by atoms with Crippen LogP contribution in [0, 0.1) is 11.7 Å². The van der Waals surface area contributed by atoms with E-state index in [-0.39, 0.29) is 23.7 Å². The molecule has 4 rings (SSSR count). The first-order chi connectivity index (χ1) is 11.5. The first kappa shape index (κ1) is 16.5. The monoisotopic (exact) mass is 352 g/mol. The molecule has 0 N–H and O–H groups in total. The number of hydrogen-bond acceptors (Lipinski definition) is 4. The average Bonchev–Trinajstić information content (AvgIpc) is 3.27. The lowest BCUT2D eigenvalue weighted by atomic mass is 10.0. The van der Waals surface area contributed by atoms with Crippen molar-refractivity contribution in [3.8, 4) is 0 Å². The van der Waals surface area contributed by atoms with Crippen molar-refractivity contribution in [3.63, 3.8) is 0 Å². The largest absolute Gasteiger partial charge is 0.296 e. The predicted molar refractivity (Wildman–Crippen MR) is 92.2 cm³/mol. The van der Waals surface area contributed by atoms with E-state index < -0.39 is 9.84 Å². The van der Waals surface area contributed by atoms with Crippen LogP contribution in [0.5, 0.6) is 0 Å². The molecule has 1 aromatic carbocycles. The van der Waals surface area contributed by atoms with Gasteiger partial charge in [-0.2, -0.15) is 0 Å². The number of hydrogen-bond donors (Lipinski definition) is 0. The van der Waals surface area contributed by atoms with Gasteiger partial charge in [0.25, 0.3) is 0 Å². The normalized spacial score (nSPS) is 30.4. The van der Waals surface area contributed by atoms with Gasteiger partial charge in [0.05, 0.1) is 11.5 Å². The fourth-order valence-electron chi connectivity index (χ4n) is 4.20. The van der Waals surface area contributed by atoms with E-state index in [1.54, 1.807) is 12.1 Å². The number of halogens is 1. The molecule has 0 bridgehead atoms. The maximum absolute atomic E-state index is 13.3. The molecule has 2 heterocycles. The van der Waals surface area contributed by atoms with E-state index in [9.17, 15) is 12.8 Å². The van der Waals surface area contributed by atoms with Crippen molar-refractivity contribution in [3.05, 3.63) is 35.6 Å². The van der Waals surface area contributed by atoms with E-state index in [1.807, 2.05) is 6.07 Å². The lowest BCUT2D eigenvalue weighted by Gasteiger charge is -2.44. The SMILES string of the molecule is O=S1(=O)C[C@@H]2[C@H](C1)N(CCc1cccc(F)c1)CCN2CC1CC1. The van der Waals surface area contributed by atoms with Gasteiger partial charge in [-0.15, -0.1) is 0 Å². The van der Waals surface area contributed by atoms with Gasteiger partial charge < -0.3 is 0 Å². The number of piperazine rings is 1. The van der Waals surface area contributed by atoms with Crippen LogP contribution in [0.1, 0.15) is 18.4 Å². The molecule has 6 heteroatoms. The minimum atomic E-state index is -2.94. The first-order valence-corrected chi connectivity index (χ1v) is 10.8. The highest BCUT2D eigenvalue weighted by Gasteiger charge is 2.47. The summed E-state index contributed by atoms with van der Waals surface area (Å²) in [6.45, 7) is 3.74. The number of sulfone groups is 1. The molecular weight excluding hydrogens is 327 g/mol. The quantitative estimate of drug-likeness (QED) is 0.806. The minimum absolute atomic E-state index is 0.107. The van der Waals surface area contributed by atoms with Crippen LogP contribution in [0.2, 0.25) is 0 Å². The second-order valence-electron chi connectivity index (χ2n) is 7.57. The Labute approximate surface area is 143 Å². The van der Waals surface area contributed by atoms with Gasteiger partial charge in [0.2, 0.25) is 0 Å². The molecule has 24 heavy (non-hydrogen) atoms. The van der Waals surface area contributed by atoms with Crippen molar-refractivity contribution < 1.29 is 12.8 Å². The summed E-state index contributed by atoms with van der Waals surface area (Å²) in [5.41, 5.74) is 0.979. The van der Waals surface area contributed by atoms with Crippen molar-refractivity contribution in [2.75, 3.05) is 37.7 Å². The highest BCUT2D eigenvalue weighted by Crippen LogP contribution is 2.34. The van der Waals surface area contributed by atoms with E-state index in [0.717, 1.165) is 44.1 Å². The van der Waals surface area contributed by atoms with Crippen LogP contribution in [-0.4, -0.2) is 68.0 Å². The zero-order valence-corrected chi connectivity index (χ0v) is 14.7. The minimum Gasteiger partial charge on any atom is -0.296 e. The van der Waals surface area contributed by atoms with E-state index in [4.69, 9.17) is 0 Å². The van der Waals surface area contributed by atoms with Gasteiger partial charge in [0.15, 0.2) is 9.84 Å². The Balaban J connectivity index is 1.44. The zero-order valence-electron chi connectivity index (χ0n) is 13.9. The van der Waals surface area contributed by atoms with E-state index in [2.05, 4.69) is 9.80 Å². The number of nitrogens with zero attached hydrogens (tertiary/aromatic N) is 2. The Bertz CT molecular complexity index is 705. The van der Waals surface area contributed by atoms with E-state index in [1.165, 1.54) is 18.9 Å². The van der Waals surface area contributed by atoms with Crippen molar-refractivity contribution in [1.29, 1.82) is 0 Å². The molecule has 0 amide bonds. The lowest BCUT2D eigenvalue weighted by Crippen LogP contribution is -2.59. The molecule has 0 radical (unpaired) electrons. The van der Waals surface area contributed by atoms with Crippen molar-refractivity contribution in [2.24, 2.45) is 5.92 Å². The van der Waals surface area contributed by atoms with Crippen LogP contribution in [0.3, 0.4) is 0 Å². The third kappa shape index (κ3) is 3.65. The molecule has 1 saturated carbocycles. The van der Waals surface area contributed by atoms with E-state index in [0.29, 0.717) is 5.75 Å². The average molecular weight is 352 g/mol. The van der Waals surface area contributed by atoms with Crippen molar-refractivity contribution in [1.82, 2.24) is 9.80 Å².